The first kappa shape index (κ1) is 24.9. The number of ether oxygens (including phenoxy) is 1. The number of sulfone groups is 1. The van der Waals surface area contributed by atoms with E-state index in [1.165, 1.54) is 24.3 Å². The van der Waals surface area contributed by atoms with Crippen molar-refractivity contribution in [1.29, 1.82) is 0 Å². The van der Waals surface area contributed by atoms with E-state index in [1.54, 1.807) is 31.2 Å². The van der Waals surface area contributed by atoms with Crippen LogP contribution in [0.25, 0.3) is 5.70 Å². The van der Waals surface area contributed by atoms with Crippen molar-refractivity contribution in [1.82, 2.24) is 0 Å². The molecule has 1 heterocycles. The first-order chi connectivity index (χ1) is 15.5. The summed E-state index contributed by atoms with van der Waals surface area (Å²) in [5, 5.41) is 8.86. The zero-order valence-corrected chi connectivity index (χ0v) is 19.5. The maximum atomic E-state index is 13.6. The van der Waals surface area contributed by atoms with E-state index in [0.717, 1.165) is 6.26 Å². The Morgan fingerprint density at radius 3 is 2.36 bits per heavy atom. The Labute approximate surface area is 193 Å². The molecule has 0 bridgehead atoms. The normalized spacial score (nSPS) is 20.6. The fourth-order valence-electron chi connectivity index (χ4n) is 3.87. The molecule has 0 unspecified atom stereocenters. The minimum Gasteiger partial charge on any atom is -0.466 e. The molecule has 0 aliphatic carbocycles. The van der Waals surface area contributed by atoms with Crippen LogP contribution in [0.4, 0.5) is 10.1 Å². The predicted octanol–water partition coefficient (Wildman–Crippen LogP) is 3.09. The second kappa shape index (κ2) is 10.0. The number of carbonyl (C=O) groups is 1. The number of esters is 1. The molecule has 1 aliphatic rings. The summed E-state index contributed by atoms with van der Waals surface area (Å²) in [6, 6.07) is 12.3. The van der Waals surface area contributed by atoms with Crippen LogP contribution in [-0.4, -0.2) is 44.6 Å². The van der Waals surface area contributed by atoms with Gasteiger partial charge >= 0.3 is 5.97 Å². The molecule has 0 saturated heterocycles. The van der Waals surface area contributed by atoms with Crippen molar-refractivity contribution >= 4 is 27.2 Å². The molecule has 0 radical (unpaired) electrons. The lowest BCUT2D eigenvalue weighted by Crippen LogP contribution is -2.54. The van der Waals surface area contributed by atoms with Crippen molar-refractivity contribution in [3.63, 3.8) is 0 Å². The average Bonchev–Trinajstić information content (AvgIpc) is 3.01. The zero-order chi connectivity index (χ0) is 24.2. The maximum absolute atomic E-state index is 13.6. The van der Waals surface area contributed by atoms with Crippen molar-refractivity contribution < 1.29 is 27.4 Å². The van der Waals surface area contributed by atoms with E-state index in [9.17, 15) is 17.6 Å². The van der Waals surface area contributed by atoms with Gasteiger partial charge in [-0.05, 0) is 61.7 Å². The van der Waals surface area contributed by atoms with Crippen LogP contribution in [0.5, 0.6) is 0 Å². The van der Waals surface area contributed by atoms with Crippen molar-refractivity contribution in [3.8, 4) is 0 Å². The van der Waals surface area contributed by atoms with Gasteiger partial charge in [-0.1, -0.05) is 18.2 Å². The van der Waals surface area contributed by atoms with Gasteiger partial charge < -0.3 is 20.5 Å². The van der Waals surface area contributed by atoms with Gasteiger partial charge in [0, 0.05) is 30.2 Å². The maximum Gasteiger partial charge on any atom is 0.306 e. The number of aliphatic hydroxyl groups excluding tert-OH is 1. The highest BCUT2D eigenvalue weighted by molar-refractivity contribution is 7.90. The summed E-state index contributed by atoms with van der Waals surface area (Å²) >= 11 is 0. The highest BCUT2D eigenvalue weighted by Crippen LogP contribution is 2.43. The van der Waals surface area contributed by atoms with E-state index < -0.39 is 27.4 Å². The molecule has 0 spiro atoms. The van der Waals surface area contributed by atoms with Gasteiger partial charge in [-0.3, -0.25) is 4.79 Å². The highest BCUT2D eigenvalue weighted by Gasteiger charge is 2.44. The third kappa shape index (κ3) is 5.79. The Kier molecular flexibility index (Phi) is 7.56. The first-order valence-electron chi connectivity index (χ1n) is 10.7. The van der Waals surface area contributed by atoms with Crippen LogP contribution < -0.4 is 10.6 Å². The molecule has 178 valence electrons. The Hall–Kier alpha value is -2.75. The van der Waals surface area contributed by atoms with E-state index in [-0.39, 0.29) is 30.3 Å². The van der Waals surface area contributed by atoms with Crippen molar-refractivity contribution in [2.75, 3.05) is 24.4 Å². The van der Waals surface area contributed by atoms with Crippen LogP contribution >= 0.6 is 0 Å². The van der Waals surface area contributed by atoms with Gasteiger partial charge in [-0.2, -0.15) is 0 Å². The van der Waals surface area contributed by atoms with Gasteiger partial charge in [0.25, 0.3) is 0 Å². The molecule has 7 nitrogen and oxygen atoms in total. The Bertz CT molecular complexity index is 1110. The summed E-state index contributed by atoms with van der Waals surface area (Å²) in [5.74, 6) is -1.21. The van der Waals surface area contributed by atoms with Crippen LogP contribution in [0.2, 0.25) is 0 Å². The molecule has 3 rings (SSSR count). The minimum atomic E-state index is -3.35. The lowest BCUT2D eigenvalue weighted by Gasteiger charge is -2.39. The van der Waals surface area contributed by atoms with E-state index in [0.29, 0.717) is 29.8 Å². The fourth-order valence-corrected chi connectivity index (χ4v) is 4.50. The molecule has 2 aromatic rings. The Morgan fingerprint density at radius 1 is 1.15 bits per heavy atom. The molecular weight excluding hydrogens is 447 g/mol. The monoisotopic (exact) mass is 476 g/mol. The largest absolute Gasteiger partial charge is 0.466 e. The van der Waals surface area contributed by atoms with Crippen molar-refractivity contribution in [3.05, 3.63) is 66.0 Å². The predicted molar refractivity (Wildman–Crippen MR) is 124 cm³/mol. The zero-order valence-electron chi connectivity index (χ0n) is 18.7. The molecule has 9 heteroatoms. The van der Waals surface area contributed by atoms with E-state index in [4.69, 9.17) is 15.6 Å². The number of hydrogen-bond donors (Lipinski definition) is 2. The van der Waals surface area contributed by atoms with Gasteiger partial charge in [-0.25, -0.2) is 12.8 Å². The van der Waals surface area contributed by atoms with Gasteiger partial charge in [0.1, 0.15) is 5.82 Å². The van der Waals surface area contributed by atoms with Crippen LogP contribution in [0.1, 0.15) is 31.7 Å². The van der Waals surface area contributed by atoms with Crippen molar-refractivity contribution in [2.45, 2.75) is 36.7 Å². The summed E-state index contributed by atoms with van der Waals surface area (Å²) in [6.07, 6.45) is 4.17. The standard InChI is InChI=1S/C24H29FN2O5S/c1-24(26)18(16-23(29)32-14-4-3-13-28)15-22(27(24)20-9-7-19(25)8-10-20)17-5-11-21(12-6-17)33(2,30)31/h5-12,15,18,28H,3-4,13-14,16,26H2,1-2H3/t18-,24-/m1/s1. The fraction of sp³-hybridized carbons (Fsp3) is 0.375. The second-order valence-electron chi connectivity index (χ2n) is 8.35. The molecule has 33 heavy (non-hydrogen) atoms. The molecule has 0 amide bonds. The number of nitrogens with two attached hydrogens (primary N) is 1. The number of rotatable bonds is 9. The summed E-state index contributed by atoms with van der Waals surface area (Å²) in [6.45, 7) is 2.05. The third-order valence-corrected chi connectivity index (χ3v) is 6.83. The average molecular weight is 477 g/mol. The minimum absolute atomic E-state index is 0.0365. The van der Waals surface area contributed by atoms with Gasteiger partial charge in [0.2, 0.25) is 0 Å². The number of anilines is 1. The van der Waals surface area contributed by atoms with Crippen LogP contribution in [0, 0.1) is 11.7 Å². The second-order valence-corrected chi connectivity index (χ2v) is 10.4. The molecule has 2 aromatic carbocycles. The summed E-state index contributed by atoms with van der Waals surface area (Å²) in [4.78, 5) is 14.4. The topological polar surface area (TPSA) is 110 Å². The summed E-state index contributed by atoms with van der Waals surface area (Å²) in [5.41, 5.74) is 7.73. The number of hydrogen-bond acceptors (Lipinski definition) is 7. The van der Waals surface area contributed by atoms with E-state index in [1.807, 2.05) is 11.0 Å². The number of nitrogens with zero attached hydrogens (tertiary/aromatic N) is 1. The third-order valence-electron chi connectivity index (χ3n) is 5.70. The number of halogens is 1. The van der Waals surface area contributed by atoms with Gasteiger partial charge in [0.05, 0.1) is 23.6 Å². The van der Waals surface area contributed by atoms with Crippen molar-refractivity contribution in [2.24, 2.45) is 11.7 Å². The number of unbranched alkanes of at least 4 members (excludes halogenated alkanes) is 1. The number of aliphatic hydroxyl groups is 1. The van der Waals surface area contributed by atoms with Gasteiger partial charge in [-0.15, -0.1) is 0 Å². The Balaban J connectivity index is 1.94. The lowest BCUT2D eigenvalue weighted by atomic mass is 9.93. The van der Waals surface area contributed by atoms with E-state index in [2.05, 4.69) is 0 Å². The lowest BCUT2D eigenvalue weighted by molar-refractivity contribution is -0.145. The molecule has 0 saturated carbocycles. The summed E-state index contributed by atoms with van der Waals surface area (Å²) < 4.78 is 42.5. The van der Waals surface area contributed by atoms with E-state index >= 15 is 0 Å². The van der Waals surface area contributed by atoms with Crippen LogP contribution in [0.3, 0.4) is 0 Å². The number of carbonyl (C=O) groups excluding carboxylic acids is 1. The molecule has 0 aromatic heterocycles. The molecule has 2 atom stereocenters. The van der Waals surface area contributed by atoms with Gasteiger partial charge in [0.15, 0.2) is 9.84 Å². The molecule has 0 fully saturated rings. The molecule has 3 N–H and O–H groups in total. The SMILES string of the molecule is C[C@]1(N)[C@@H](CC(=O)OCCCCO)C=C(c2ccc(S(C)(=O)=O)cc2)N1c1ccc(F)cc1. The first-order valence-corrected chi connectivity index (χ1v) is 12.6. The molecule has 1 aliphatic heterocycles. The molecular formula is C24H29FN2O5S. The number of benzene rings is 2. The smallest absolute Gasteiger partial charge is 0.306 e. The highest BCUT2D eigenvalue weighted by atomic mass is 32.2. The van der Waals surface area contributed by atoms with Crippen LogP contribution in [-0.2, 0) is 19.4 Å². The Morgan fingerprint density at radius 2 is 1.79 bits per heavy atom. The quantitative estimate of drug-likeness (QED) is 0.423. The summed E-state index contributed by atoms with van der Waals surface area (Å²) in [7, 11) is -3.35. The van der Waals surface area contributed by atoms with Crippen LogP contribution in [0.15, 0.2) is 59.5 Å².